The molecule has 1 aliphatic heterocycles. The molecule has 2 aromatic rings. The molecule has 2 heterocycles. The minimum atomic E-state index is -0.916. The Morgan fingerprint density at radius 1 is 1.21 bits per heavy atom. The lowest BCUT2D eigenvalue weighted by molar-refractivity contribution is 0.0699. The number of aromatic carboxylic acids is 1. The number of pyridine rings is 1. The third kappa shape index (κ3) is 2.78. The topological polar surface area (TPSA) is 73.7 Å². The SMILES string of the molecule is O=C(O)c1ccc(CN2C[C@H]3CC[C@@H](O)C[C@H]3C2)c2ncccc12. The lowest BCUT2D eigenvalue weighted by Crippen LogP contribution is -2.26. The fourth-order valence-electron chi connectivity index (χ4n) is 4.42. The van der Waals surface area contributed by atoms with Gasteiger partial charge < -0.3 is 10.2 Å². The van der Waals surface area contributed by atoms with Gasteiger partial charge in [0.15, 0.2) is 0 Å². The average Bonchev–Trinajstić information content (AvgIpc) is 2.96. The van der Waals surface area contributed by atoms with E-state index in [0.717, 1.165) is 50.0 Å². The summed E-state index contributed by atoms with van der Waals surface area (Å²) in [4.78, 5) is 18.3. The van der Waals surface area contributed by atoms with Crippen LogP contribution in [0.1, 0.15) is 35.2 Å². The van der Waals surface area contributed by atoms with Crippen LogP contribution in [0, 0.1) is 11.8 Å². The van der Waals surface area contributed by atoms with Gasteiger partial charge in [-0.3, -0.25) is 9.88 Å². The van der Waals surface area contributed by atoms with Crippen LogP contribution >= 0.6 is 0 Å². The largest absolute Gasteiger partial charge is 0.478 e. The number of likely N-dealkylation sites (tertiary alicyclic amines) is 1. The van der Waals surface area contributed by atoms with E-state index in [4.69, 9.17) is 0 Å². The molecule has 2 N–H and O–H groups in total. The van der Waals surface area contributed by atoms with Crippen molar-refractivity contribution in [2.24, 2.45) is 11.8 Å². The maximum absolute atomic E-state index is 11.4. The number of aromatic nitrogens is 1. The third-order valence-corrected chi connectivity index (χ3v) is 5.58. The summed E-state index contributed by atoms with van der Waals surface area (Å²) in [6.07, 6.45) is 4.53. The molecule has 1 aliphatic carbocycles. The van der Waals surface area contributed by atoms with E-state index in [1.54, 1.807) is 18.3 Å². The van der Waals surface area contributed by atoms with Gasteiger partial charge in [-0.15, -0.1) is 0 Å². The van der Waals surface area contributed by atoms with Crippen LogP contribution in [0.4, 0.5) is 0 Å². The normalized spacial score (nSPS) is 27.3. The zero-order valence-corrected chi connectivity index (χ0v) is 13.6. The molecule has 1 aromatic carbocycles. The lowest BCUT2D eigenvalue weighted by atomic mass is 9.80. The highest BCUT2D eigenvalue weighted by Crippen LogP contribution is 2.37. The quantitative estimate of drug-likeness (QED) is 0.907. The van der Waals surface area contributed by atoms with E-state index in [9.17, 15) is 15.0 Å². The van der Waals surface area contributed by atoms with Crippen molar-refractivity contribution in [2.75, 3.05) is 13.1 Å². The zero-order valence-electron chi connectivity index (χ0n) is 13.6. The maximum atomic E-state index is 11.4. The number of hydrogen-bond donors (Lipinski definition) is 2. The van der Waals surface area contributed by atoms with Crippen LogP contribution in [0.2, 0.25) is 0 Å². The van der Waals surface area contributed by atoms with Crippen LogP contribution in [0.3, 0.4) is 0 Å². The highest BCUT2D eigenvalue weighted by molar-refractivity contribution is 6.03. The highest BCUT2D eigenvalue weighted by atomic mass is 16.4. The Kier molecular flexibility index (Phi) is 3.98. The molecule has 0 unspecified atom stereocenters. The van der Waals surface area contributed by atoms with Gasteiger partial charge >= 0.3 is 5.97 Å². The van der Waals surface area contributed by atoms with Crippen LogP contribution in [-0.2, 0) is 6.54 Å². The number of nitrogens with zero attached hydrogens (tertiary/aromatic N) is 2. The lowest BCUT2D eigenvalue weighted by Gasteiger charge is -2.27. The summed E-state index contributed by atoms with van der Waals surface area (Å²) in [6, 6.07) is 7.20. The molecule has 1 aromatic heterocycles. The van der Waals surface area contributed by atoms with E-state index < -0.39 is 5.97 Å². The van der Waals surface area contributed by atoms with E-state index in [0.29, 0.717) is 22.8 Å². The first-order chi connectivity index (χ1) is 11.6. The molecule has 5 nitrogen and oxygen atoms in total. The van der Waals surface area contributed by atoms with E-state index in [2.05, 4.69) is 9.88 Å². The van der Waals surface area contributed by atoms with Gasteiger partial charge in [-0.1, -0.05) is 12.1 Å². The second-order valence-corrected chi connectivity index (χ2v) is 7.16. The summed E-state index contributed by atoms with van der Waals surface area (Å²) in [5, 5.41) is 19.9. The molecular weight excluding hydrogens is 304 g/mol. The van der Waals surface area contributed by atoms with Crippen molar-refractivity contribution in [3.8, 4) is 0 Å². The minimum Gasteiger partial charge on any atom is -0.478 e. The molecule has 126 valence electrons. The minimum absolute atomic E-state index is 0.136. The number of carboxylic acids is 1. The zero-order chi connectivity index (χ0) is 16.7. The number of aliphatic hydroxyl groups is 1. The summed E-state index contributed by atoms with van der Waals surface area (Å²) >= 11 is 0. The van der Waals surface area contributed by atoms with Crippen LogP contribution in [0.25, 0.3) is 10.9 Å². The average molecular weight is 326 g/mol. The fraction of sp³-hybridized carbons (Fsp3) is 0.474. The van der Waals surface area contributed by atoms with Crippen molar-refractivity contribution in [1.29, 1.82) is 0 Å². The highest BCUT2D eigenvalue weighted by Gasteiger charge is 2.37. The summed E-state index contributed by atoms with van der Waals surface area (Å²) < 4.78 is 0. The van der Waals surface area contributed by atoms with Crippen LogP contribution in [0.5, 0.6) is 0 Å². The molecule has 3 atom stereocenters. The van der Waals surface area contributed by atoms with Gasteiger partial charge in [-0.05, 0) is 48.8 Å². The van der Waals surface area contributed by atoms with E-state index in [1.165, 1.54) is 0 Å². The van der Waals surface area contributed by atoms with Gasteiger partial charge in [0.25, 0.3) is 0 Å². The van der Waals surface area contributed by atoms with Crippen molar-refractivity contribution in [1.82, 2.24) is 9.88 Å². The fourth-order valence-corrected chi connectivity index (χ4v) is 4.42. The number of benzene rings is 1. The molecule has 0 spiro atoms. The Bertz CT molecular complexity index is 776. The summed E-state index contributed by atoms with van der Waals surface area (Å²) in [5.41, 5.74) is 2.17. The molecule has 1 saturated heterocycles. The van der Waals surface area contributed by atoms with Gasteiger partial charge in [0, 0.05) is 31.2 Å². The van der Waals surface area contributed by atoms with Crippen molar-refractivity contribution >= 4 is 16.9 Å². The molecule has 0 radical (unpaired) electrons. The summed E-state index contributed by atoms with van der Waals surface area (Å²) in [5.74, 6) is 0.359. The number of hydrogen-bond acceptors (Lipinski definition) is 4. The molecular formula is C19H22N2O3. The molecule has 2 aliphatic rings. The molecule has 24 heavy (non-hydrogen) atoms. The second kappa shape index (κ2) is 6.15. The Labute approximate surface area is 140 Å². The van der Waals surface area contributed by atoms with Crippen molar-refractivity contribution < 1.29 is 15.0 Å². The molecule has 1 saturated carbocycles. The first-order valence-electron chi connectivity index (χ1n) is 8.62. The second-order valence-electron chi connectivity index (χ2n) is 7.16. The maximum Gasteiger partial charge on any atom is 0.336 e. The van der Waals surface area contributed by atoms with E-state index >= 15 is 0 Å². The molecule has 0 bridgehead atoms. The molecule has 2 fully saturated rings. The Hall–Kier alpha value is -1.98. The number of aliphatic hydroxyl groups excluding tert-OH is 1. The Morgan fingerprint density at radius 2 is 2.04 bits per heavy atom. The van der Waals surface area contributed by atoms with Gasteiger partial charge in [-0.2, -0.15) is 0 Å². The van der Waals surface area contributed by atoms with E-state index in [1.807, 2.05) is 12.1 Å². The number of rotatable bonds is 3. The molecule has 5 heteroatoms. The van der Waals surface area contributed by atoms with Crippen molar-refractivity contribution in [3.05, 3.63) is 41.6 Å². The van der Waals surface area contributed by atoms with Crippen LogP contribution in [0.15, 0.2) is 30.5 Å². The Balaban J connectivity index is 1.60. The summed E-state index contributed by atoms with van der Waals surface area (Å²) in [7, 11) is 0. The van der Waals surface area contributed by atoms with Crippen molar-refractivity contribution in [3.63, 3.8) is 0 Å². The summed E-state index contributed by atoms with van der Waals surface area (Å²) in [6.45, 7) is 2.86. The van der Waals surface area contributed by atoms with E-state index in [-0.39, 0.29) is 6.10 Å². The monoisotopic (exact) mass is 326 g/mol. The number of carbonyl (C=O) groups is 1. The van der Waals surface area contributed by atoms with Gasteiger partial charge in [-0.25, -0.2) is 4.79 Å². The number of carboxylic acid groups (broad SMARTS) is 1. The molecule has 4 rings (SSSR count). The standard InChI is InChI=1S/C19H22N2O3/c22-15-5-3-12-9-21(11-14(12)8-15)10-13-4-6-17(19(23)24)16-2-1-7-20-18(13)16/h1-2,4,6-7,12,14-15,22H,3,5,8-11H2,(H,23,24)/t12-,14+,15-/m1/s1. The van der Waals surface area contributed by atoms with Gasteiger partial charge in [0.1, 0.15) is 0 Å². The predicted octanol–water partition coefficient (Wildman–Crippen LogP) is 2.53. The van der Waals surface area contributed by atoms with Gasteiger partial charge in [0.05, 0.1) is 17.2 Å². The smallest absolute Gasteiger partial charge is 0.336 e. The molecule has 0 amide bonds. The predicted molar refractivity (Wildman–Crippen MR) is 90.8 cm³/mol. The van der Waals surface area contributed by atoms with Crippen molar-refractivity contribution in [2.45, 2.75) is 31.9 Å². The van der Waals surface area contributed by atoms with Gasteiger partial charge in [0.2, 0.25) is 0 Å². The Morgan fingerprint density at radius 3 is 2.88 bits per heavy atom. The first-order valence-corrected chi connectivity index (χ1v) is 8.62. The first kappa shape index (κ1) is 15.5. The van der Waals surface area contributed by atoms with Crippen LogP contribution in [-0.4, -0.2) is 45.3 Å². The van der Waals surface area contributed by atoms with Crippen LogP contribution < -0.4 is 0 Å². The number of fused-ring (bicyclic) bond motifs is 2. The third-order valence-electron chi connectivity index (χ3n) is 5.58.